The lowest BCUT2D eigenvalue weighted by molar-refractivity contribution is -0.394. The summed E-state index contributed by atoms with van der Waals surface area (Å²) < 4.78 is 6.02. The SMILES string of the molecule is CCN1C2=C(C(=O)CCC2)C(c2cc(Cl)cc(Cl)c2Oc2ccc([N+](=O)[O-])cc2[N+](=O)[O-])C2=C1CCCC2=O. The van der Waals surface area contributed by atoms with Crippen LogP contribution in [0.15, 0.2) is 52.9 Å². The Morgan fingerprint density at radius 2 is 1.54 bits per heavy atom. The van der Waals surface area contributed by atoms with Gasteiger partial charge in [-0.15, -0.1) is 0 Å². The van der Waals surface area contributed by atoms with E-state index in [4.69, 9.17) is 27.9 Å². The van der Waals surface area contributed by atoms with Crippen LogP contribution in [0.3, 0.4) is 0 Å². The van der Waals surface area contributed by atoms with Crippen LogP contribution in [0, 0.1) is 20.2 Å². The summed E-state index contributed by atoms with van der Waals surface area (Å²) in [4.78, 5) is 50.4. The van der Waals surface area contributed by atoms with Crippen molar-refractivity contribution in [3.8, 4) is 11.5 Å². The molecule has 0 saturated carbocycles. The van der Waals surface area contributed by atoms with E-state index in [1.807, 2.05) is 6.92 Å². The molecule has 0 saturated heterocycles. The van der Waals surface area contributed by atoms with Crippen LogP contribution in [-0.2, 0) is 9.59 Å². The molecular weight excluding hydrogens is 549 g/mol. The van der Waals surface area contributed by atoms with Crippen LogP contribution in [0.1, 0.15) is 56.9 Å². The summed E-state index contributed by atoms with van der Waals surface area (Å²) in [6.45, 7) is 2.58. The predicted molar refractivity (Wildman–Crippen MR) is 143 cm³/mol. The number of rotatable bonds is 6. The number of ketones is 2. The molecule has 0 spiro atoms. The Labute approximate surface area is 233 Å². The van der Waals surface area contributed by atoms with Gasteiger partial charge in [-0.1, -0.05) is 23.2 Å². The lowest BCUT2D eigenvalue weighted by Crippen LogP contribution is -2.39. The third-order valence-electron chi connectivity index (χ3n) is 7.31. The first-order valence-corrected chi connectivity index (χ1v) is 13.3. The molecule has 2 aromatic carbocycles. The first-order chi connectivity index (χ1) is 18.6. The second-order valence-electron chi connectivity index (χ2n) is 9.53. The Morgan fingerprint density at radius 1 is 0.923 bits per heavy atom. The van der Waals surface area contributed by atoms with Gasteiger partial charge in [0.15, 0.2) is 17.3 Å². The van der Waals surface area contributed by atoms with Crippen molar-refractivity contribution in [2.24, 2.45) is 0 Å². The van der Waals surface area contributed by atoms with Gasteiger partial charge in [0.2, 0.25) is 5.75 Å². The molecule has 5 rings (SSSR count). The van der Waals surface area contributed by atoms with Crippen LogP contribution < -0.4 is 4.74 Å². The highest BCUT2D eigenvalue weighted by molar-refractivity contribution is 6.35. The average molecular weight is 572 g/mol. The zero-order valence-electron chi connectivity index (χ0n) is 20.9. The predicted octanol–water partition coefficient (Wildman–Crippen LogP) is 7.04. The highest BCUT2D eigenvalue weighted by atomic mass is 35.5. The van der Waals surface area contributed by atoms with E-state index in [1.54, 1.807) is 6.07 Å². The minimum atomic E-state index is -0.818. The van der Waals surface area contributed by atoms with E-state index in [0.717, 1.165) is 29.6 Å². The maximum Gasteiger partial charge on any atom is 0.318 e. The van der Waals surface area contributed by atoms with Crippen molar-refractivity contribution in [1.82, 2.24) is 4.90 Å². The Hall–Kier alpha value is -3.76. The van der Waals surface area contributed by atoms with Crippen molar-refractivity contribution in [1.29, 1.82) is 0 Å². The van der Waals surface area contributed by atoms with E-state index < -0.39 is 27.1 Å². The van der Waals surface area contributed by atoms with Gasteiger partial charge >= 0.3 is 5.69 Å². The average Bonchev–Trinajstić information content (AvgIpc) is 2.89. The number of nitro groups is 2. The van der Waals surface area contributed by atoms with E-state index in [2.05, 4.69) is 4.90 Å². The van der Waals surface area contributed by atoms with Gasteiger partial charge in [-0.3, -0.25) is 29.8 Å². The van der Waals surface area contributed by atoms with Crippen LogP contribution in [-0.4, -0.2) is 32.9 Å². The van der Waals surface area contributed by atoms with Crippen LogP contribution in [0.25, 0.3) is 0 Å². The van der Waals surface area contributed by atoms with Crippen molar-refractivity contribution in [3.05, 3.63) is 88.7 Å². The molecule has 1 aliphatic heterocycles. The van der Waals surface area contributed by atoms with Gasteiger partial charge in [0.1, 0.15) is 0 Å². The zero-order valence-corrected chi connectivity index (χ0v) is 22.4. The summed E-state index contributed by atoms with van der Waals surface area (Å²) in [5.41, 5.74) is 1.90. The molecule has 0 unspecified atom stereocenters. The van der Waals surface area contributed by atoms with E-state index in [1.165, 1.54) is 6.07 Å². The number of non-ortho nitro benzene ring substituents is 1. The normalized spacial score (nSPS) is 17.8. The largest absolute Gasteiger partial charge is 0.448 e. The highest BCUT2D eigenvalue weighted by Crippen LogP contribution is 2.53. The minimum Gasteiger partial charge on any atom is -0.448 e. The fraction of sp³-hybridized carbons (Fsp3) is 0.333. The maximum atomic E-state index is 13.5. The van der Waals surface area contributed by atoms with Gasteiger partial charge in [-0.2, -0.15) is 0 Å². The summed E-state index contributed by atoms with van der Waals surface area (Å²) in [7, 11) is 0. The lowest BCUT2D eigenvalue weighted by Gasteiger charge is -2.43. The molecule has 10 nitrogen and oxygen atoms in total. The van der Waals surface area contributed by atoms with E-state index in [9.17, 15) is 29.8 Å². The van der Waals surface area contributed by atoms with Gasteiger partial charge in [0.05, 0.1) is 20.9 Å². The van der Waals surface area contributed by atoms with Crippen LogP contribution in [0.4, 0.5) is 11.4 Å². The van der Waals surface area contributed by atoms with Gasteiger partial charge in [-0.25, -0.2) is 0 Å². The smallest absolute Gasteiger partial charge is 0.318 e. The van der Waals surface area contributed by atoms with Crippen molar-refractivity contribution < 1.29 is 24.2 Å². The molecule has 12 heteroatoms. The summed E-state index contributed by atoms with van der Waals surface area (Å²) in [6.07, 6.45) is 3.34. The highest BCUT2D eigenvalue weighted by Gasteiger charge is 2.44. The molecule has 0 bridgehead atoms. The molecule has 0 N–H and O–H groups in total. The molecule has 2 aromatic rings. The zero-order chi connectivity index (χ0) is 28.0. The van der Waals surface area contributed by atoms with Crippen molar-refractivity contribution in [2.75, 3.05) is 6.54 Å². The first-order valence-electron chi connectivity index (χ1n) is 12.5. The summed E-state index contributed by atoms with van der Waals surface area (Å²) in [5, 5.41) is 23.2. The van der Waals surface area contributed by atoms with Crippen LogP contribution in [0.2, 0.25) is 10.0 Å². The second-order valence-corrected chi connectivity index (χ2v) is 10.4. The minimum absolute atomic E-state index is 0.0107. The molecular formula is C27H23Cl2N3O7. The Balaban J connectivity index is 1.75. The molecule has 1 heterocycles. The summed E-state index contributed by atoms with van der Waals surface area (Å²) in [5.74, 6) is -1.29. The molecule has 202 valence electrons. The van der Waals surface area contributed by atoms with Gasteiger partial charge < -0.3 is 9.64 Å². The van der Waals surface area contributed by atoms with Gasteiger partial charge in [-0.05, 0) is 50.8 Å². The molecule has 0 atom stereocenters. The Kier molecular flexibility index (Phi) is 7.17. The van der Waals surface area contributed by atoms with Gasteiger partial charge in [0, 0.05) is 64.5 Å². The fourth-order valence-electron chi connectivity index (χ4n) is 5.77. The number of nitro benzene ring substituents is 2. The third kappa shape index (κ3) is 4.68. The molecule has 0 fully saturated rings. The Morgan fingerprint density at radius 3 is 2.08 bits per heavy atom. The van der Waals surface area contributed by atoms with Gasteiger partial charge in [0.25, 0.3) is 5.69 Å². The van der Waals surface area contributed by atoms with Crippen LogP contribution in [0.5, 0.6) is 11.5 Å². The number of Topliss-reactive ketones (excluding diaryl/α,β-unsaturated/α-hetero) is 2. The van der Waals surface area contributed by atoms with Crippen LogP contribution >= 0.6 is 23.2 Å². The van der Waals surface area contributed by atoms with Crippen molar-refractivity contribution in [2.45, 2.75) is 51.4 Å². The quantitative estimate of drug-likeness (QED) is 0.266. The molecule has 2 aliphatic carbocycles. The number of hydrogen-bond acceptors (Lipinski definition) is 8. The number of halogens is 2. The van der Waals surface area contributed by atoms with E-state index in [-0.39, 0.29) is 33.1 Å². The standard InChI is InChI=1S/C27H23Cl2N3O7/c1-2-30-18-5-3-7-21(33)25(18)24(26-19(30)6-4-8-22(26)34)16-11-14(28)12-17(29)27(16)39-23-10-9-15(31(35)36)13-20(23)32(37)38/h9-13,24H,2-8H2,1H3. The lowest BCUT2D eigenvalue weighted by atomic mass is 9.70. The molecule has 39 heavy (non-hydrogen) atoms. The first kappa shape index (κ1) is 26.8. The summed E-state index contributed by atoms with van der Waals surface area (Å²) in [6, 6.07) is 5.97. The third-order valence-corrected chi connectivity index (χ3v) is 7.81. The number of ether oxygens (including phenoxy) is 1. The Bertz CT molecular complexity index is 1470. The number of nitrogens with zero attached hydrogens (tertiary/aromatic N) is 3. The summed E-state index contributed by atoms with van der Waals surface area (Å²) >= 11 is 13.0. The topological polar surface area (TPSA) is 133 Å². The number of carbonyl (C=O) groups excluding carboxylic acids is 2. The number of hydrogen-bond donors (Lipinski definition) is 0. The second kappa shape index (κ2) is 10.4. The van der Waals surface area contributed by atoms with E-state index in [0.29, 0.717) is 61.8 Å². The molecule has 0 amide bonds. The maximum absolute atomic E-state index is 13.5. The number of benzene rings is 2. The van der Waals surface area contributed by atoms with Crippen molar-refractivity contribution in [3.63, 3.8) is 0 Å². The van der Waals surface area contributed by atoms with Crippen molar-refractivity contribution >= 4 is 46.1 Å². The number of carbonyl (C=O) groups is 2. The molecule has 0 aromatic heterocycles. The fourth-order valence-corrected chi connectivity index (χ4v) is 6.32. The monoisotopic (exact) mass is 571 g/mol. The van der Waals surface area contributed by atoms with E-state index >= 15 is 0 Å². The number of allylic oxidation sites excluding steroid dienone is 4. The molecule has 0 radical (unpaired) electrons. The molecule has 3 aliphatic rings.